The maximum absolute atomic E-state index is 13.3. The van der Waals surface area contributed by atoms with Crippen molar-refractivity contribution in [2.75, 3.05) is 0 Å². The molecule has 0 amide bonds. The molecule has 2 heteroatoms. The van der Waals surface area contributed by atoms with Crippen LogP contribution in [0, 0.1) is 17.7 Å². The van der Waals surface area contributed by atoms with Crippen LogP contribution < -0.4 is 5.73 Å². The van der Waals surface area contributed by atoms with E-state index in [9.17, 15) is 4.39 Å². The summed E-state index contributed by atoms with van der Waals surface area (Å²) in [7, 11) is 0. The smallest absolute Gasteiger partial charge is 0.123 e. The standard InChI is InChI=1S/C17H26FN/c1-13(2)9-14-6-4-8-17(19,11-14)12-15-5-3-7-16(18)10-15/h3,5,7,10,13-14H,4,6,8-9,11-12,19H2,1-2H3. The van der Waals surface area contributed by atoms with Crippen LogP contribution in [0.15, 0.2) is 24.3 Å². The van der Waals surface area contributed by atoms with Crippen LogP contribution in [0.5, 0.6) is 0 Å². The molecule has 2 atom stereocenters. The molecule has 2 N–H and O–H groups in total. The van der Waals surface area contributed by atoms with Crippen LogP contribution in [0.25, 0.3) is 0 Å². The van der Waals surface area contributed by atoms with Gasteiger partial charge in [-0.25, -0.2) is 4.39 Å². The van der Waals surface area contributed by atoms with Crippen molar-refractivity contribution in [3.63, 3.8) is 0 Å². The summed E-state index contributed by atoms with van der Waals surface area (Å²) in [4.78, 5) is 0. The zero-order valence-corrected chi connectivity index (χ0v) is 12.2. The zero-order chi connectivity index (χ0) is 13.9. The Balaban J connectivity index is 2.01. The molecule has 0 heterocycles. The van der Waals surface area contributed by atoms with Crippen LogP contribution in [0.4, 0.5) is 4.39 Å². The van der Waals surface area contributed by atoms with Crippen LogP contribution in [-0.4, -0.2) is 5.54 Å². The number of nitrogens with two attached hydrogens (primary N) is 1. The van der Waals surface area contributed by atoms with Gasteiger partial charge in [-0.2, -0.15) is 0 Å². The summed E-state index contributed by atoms with van der Waals surface area (Å²) in [6, 6.07) is 6.89. The summed E-state index contributed by atoms with van der Waals surface area (Å²) in [5.41, 5.74) is 7.49. The van der Waals surface area contributed by atoms with Crippen molar-refractivity contribution in [2.45, 2.75) is 57.9 Å². The molecule has 1 nitrogen and oxygen atoms in total. The van der Waals surface area contributed by atoms with Gasteiger partial charge in [0.2, 0.25) is 0 Å². The fraction of sp³-hybridized carbons (Fsp3) is 0.647. The molecule has 0 aromatic heterocycles. The van der Waals surface area contributed by atoms with Crippen LogP contribution >= 0.6 is 0 Å². The highest BCUT2D eigenvalue weighted by molar-refractivity contribution is 5.19. The highest BCUT2D eigenvalue weighted by atomic mass is 19.1. The first-order valence-electron chi connectivity index (χ1n) is 7.50. The van der Waals surface area contributed by atoms with Gasteiger partial charge in [-0.1, -0.05) is 38.8 Å². The van der Waals surface area contributed by atoms with Gasteiger partial charge in [0.05, 0.1) is 0 Å². The van der Waals surface area contributed by atoms with Crippen molar-refractivity contribution in [1.29, 1.82) is 0 Å². The summed E-state index contributed by atoms with van der Waals surface area (Å²) in [5.74, 6) is 1.32. The molecule has 19 heavy (non-hydrogen) atoms. The lowest BCUT2D eigenvalue weighted by Crippen LogP contribution is -2.46. The van der Waals surface area contributed by atoms with E-state index in [0.717, 1.165) is 36.7 Å². The first kappa shape index (κ1) is 14.5. The molecule has 1 aromatic rings. The minimum absolute atomic E-state index is 0.133. The normalized spacial score (nSPS) is 27.7. The Morgan fingerprint density at radius 3 is 2.89 bits per heavy atom. The molecule has 1 aliphatic rings. The molecule has 1 saturated carbocycles. The van der Waals surface area contributed by atoms with E-state index in [1.807, 2.05) is 6.07 Å². The van der Waals surface area contributed by atoms with Crippen LogP contribution in [0.3, 0.4) is 0 Å². The van der Waals surface area contributed by atoms with E-state index in [0.29, 0.717) is 0 Å². The highest BCUT2D eigenvalue weighted by Crippen LogP contribution is 2.36. The molecule has 0 spiro atoms. The van der Waals surface area contributed by atoms with Gasteiger partial charge in [-0.15, -0.1) is 0 Å². The average Bonchev–Trinajstić information content (AvgIpc) is 2.27. The first-order chi connectivity index (χ1) is 8.97. The number of benzene rings is 1. The average molecular weight is 263 g/mol. The number of hydrogen-bond donors (Lipinski definition) is 1. The van der Waals surface area contributed by atoms with Gasteiger partial charge in [-0.05, 0) is 55.2 Å². The van der Waals surface area contributed by atoms with E-state index in [1.54, 1.807) is 12.1 Å². The minimum atomic E-state index is -0.157. The van der Waals surface area contributed by atoms with E-state index >= 15 is 0 Å². The second-order valence-electron chi connectivity index (χ2n) is 6.76. The van der Waals surface area contributed by atoms with Crippen molar-refractivity contribution >= 4 is 0 Å². The van der Waals surface area contributed by atoms with E-state index in [2.05, 4.69) is 13.8 Å². The summed E-state index contributed by atoms with van der Waals surface area (Å²) in [6.07, 6.45) is 6.74. The summed E-state index contributed by atoms with van der Waals surface area (Å²) >= 11 is 0. The lowest BCUT2D eigenvalue weighted by Gasteiger charge is -2.39. The number of halogens is 1. The summed E-state index contributed by atoms with van der Waals surface area (Å²) in [5, 5.41) is 0. The van der Waals surface area contributed by atoms with Crippen LogP contribution in [0.2, 0.25) is 0 Å². The van der Waals surface area contributed by atoms with Gasteiger partial charge < -0.3 is 5.73 Å². The van der Waals surface area contributed by atoms with Gasteiger partial charge in [0.25, 0.3) is 0 Å². The van der Waals surface area contributed by atoms with Gasteiger partial charge in [0.15, 0.2) is 0 Å². The third-order valence-electron chi connectivity index (χ3n) is 4.23. The number of hydrogen-bond acceptors (Lipinski definition) is 1. The second kappa shape index (κ2) is 6.04. The third-order valence-corrected chi connectivity index (χ3v) is 4.23. The lowest BCUT2D eigenvalue weighted by atomic mass is 9.71. The summed E-state index contributed by atoms with van der Waals surface area (Å²) in [6.45, 7) is 4.55. The van der Waals surface area contributed by atoms with Gasteiger partial charge in [-0.3, -0.25) is 0 Å². The van der Waals surface area contributed by atoms with Crippen molar-refractivity contribution < 1.29 is 4.39 Å². The predicted octanol–water partition coefficient (Wildman–Crippen LogP) is 4.30. The highest BCUT2D eigenvalue weighted by Gasteiger charge is 2.33. The van der Waals surface area contributed by atoms with Gasteiger partial charge in [0.1, 0.15) is 5.82 Å². The summed E-state index contributed by atoms with van der Waals surface area (Å²) < 4.78 is 13.3. The maximum atomic E-state index is 13.3. The Morgan fingerprint density at radius 2 is 2.21 bits per heavy atom. The van der Waals surface area contributed by atoms with Crippen molar-refractivity contribution in [2.24, 2.45) is 17.6 Å². The van der Waals surface area contributed by atoms with Crippen LogP contribution in [-0.2, 0) is 6.42 Å². The van der Waals surface area contributed by atoms with E-state index < -0.39 is 0 Å². The first-order valence-corrected chi connectivity index (χ1v) is 7.50. The Labute approximate surface area is 116 Å². The quantitative estimate of drug-likeness (QED) is 0.861. The predicted molar refractivity (Wildman–Crippen MR) is 78.4 cm³/mol. The molecule has 2 rings (SSSR count). The minimum Gasteiger partial charge on any atom is -0.325 e. The van der Waals surface area contributed by atoms with E-state index in [1.165, 1.54) is 25.3 Å². The molecule has 0 bridgehead atoms. The Hall–Kier alpha value is -0.890. The SMILES string of the molecule is CC(C)CC1CCCC(N)(Cc2cccc(F)c2)C1. The molecule has 0 radical (unpaired) electrons. The number of rotatable bonds is 4. The van der Waals surface area contributed by atoms with Crippen molar-refractivity contribution in [3.05, 3.63) is 35.6 Å². The molecule has 2 unspecified atom stereocenters. The molecule has 106 valence electrons. The molecule has 1 aromatic carbocycles. The second-order valence-corrected chi connectivity index (χ2v) is 6.76. The molecular formula is C17H26FN. The van der Waals surface area contributed by atoms with Gasteiger partial charge in [0, 0.05) is 5.54 Å². The monoisotopic (exact) mass is 263 g/mol. The van der Waals surface area contributed by atoms with E-state index in [-0.39, 0.29) is 11.4 Å². The Morgan fingerprint density at radius 1 is 1.42 bits per heavy atom. The fourth-order valence-corrected chi connectivity index (χ4v) is 3.60. The maximum Gasteiger partial charge on any atom is 0.123 e. The fourth-order valence-electron chi connectivity index (χ4n) is 3.60. The largest absolute Gasteiger partial charge is 0.325 e. The lowest BCUT2D eigenvalue weighted by molar-refractivity contribution is 0.200. The van der Waals surface area contributed by atoms with Crippen molar-refractivity contribution in [3.8, 4) is 0 Å². The van der Waals surface area contributed by atoms with Crippen LogP contribution in [0.1, 0.15) is 51.5 Å². The Bertz CT molecular complexity index is 415. The molecular weight excluding hydrogens is 237 g/mol. The topological polar surface area (TPSA) is 26.0 Å². The molecule has 0 saturated heterocycles. The Kier molecular flexibility index (Phi) is 4.62. The van der Waals surface area contributed by atoms with Crippen molar-refractivity contribution in [1.82, 2.24) is 0 Å². The van der Waals surface area contributed by atoms with Gasteiger partial charge >= 0.3 is 0 Å². The molecule has 1 fully saturated rings. The molecule has 1 aliphatic carbocycles. The van der Waals surface area contributed by atoms with E-state index in [4.69, 9.17) is 5.73 Å². The zero-order valence-electron chi connectivity index (χ0n) is 12.2. The molecule has 0 aliphatic heterocycles. The third kappa shape index (κ3) is 4.31.